The van der Waals surface area contributed by atoms with Crippen LogP contribution in [0.4, 0.5) is 13.2 Å². The van der Waals surface area contributed by atoms with E-state index in [2.05, 4.69) is 11.7 Å². The lowest BCUT2D eigenvalue weighted by molar-refractivity contribution is -0.274. The molecule has 0 aliphatic rings. The van der Waals surface area contributed by atoms with E-state index in [9.17, 15) is 13.2 Å². The molecule has 1 radical (unpaired) electrons. The fraction of sp³-hybridized carbons (Fsp3) is 0.0714. The van der Waals surface area contributed by atoms with Crippen molar-refractivity contribution in [2.24, 2.45) is 0 Å². The molecule has 2 aromatic carbocycles. The highest BCUT2D eigenvalue weighted by molar-refractivity contribution is 5.73. The highest BCUT2D eigenvalue weighted by Gasteiger charge is 2.32. The standard InChI is InChI=1S/C14H10F3O/c1-10-6-2-3-7-11(10)12-8-4-5-9-13(12)18-14(15,16)17/h2-9H,1H2. The molecule has 0 unspecified atom stereocenters. The zero-order valence-electron chi connectivity index (χ0n) is 9.37. The summed E-state index contributed by atoms with van der Waals surface area (Å²) in [5.41, 5.74) is 1.65. The molecule has 0 fully saturated rings. The van der Waals surface area contributed by atoms with Crippen LogP contribution in [0.25, 0.3) is 11.1 Å². The summed E-state index contributed by atoms with van der Waals surface area (Å²) >= 11 is 0. The van der Waals surface area contributed by atoms with Gasteiger partial charge in [-0.3, -0.25) is 0 Å². The van der Waals surface area contributed by atoms with Gasteiger partial charge in [0.1, 0.15) is 5.75 Å². The quantitative estimate of drug-likeness (QED) is 0.767. The number of rotatable bonds is 2. The van der Waals surface area contributed by atoms with E-state index in [1.807, 2.05) is 0 Å². The Kier molecular flexibility index (Phi) is 3.28. The number of ether oxygens (including phenoxy) is 1. The number of benzene rings is 2. The number of para-hydroxylation sites is 1. The molecule has 4 heteroatoms. The van der Waals surface area contributed by atoms with Crippen LogP contribution in [-0.2, 0) is 0 Å². The topological polar surface area (TPSA) is 9.23 Å². The Morgan fingerprint density at radius 3 is 2.00 bits per heavy atom. The average Bonchev–Trinajstić information content (AvgIpc) is 2.29. The van der Waals surface area contributed by atoms with Gasteiger partial charge < -0.3 is 4.74 Å². The summed E-state index contributed by atoms with van der Waals surface area (Å²) in [6.07, 6.45) is -4.70. The molecule has 0 aromatic heterocycles. The van der Waals surface area contributed by atoms with Crippen LogP contribution in [0.1, 0.15) is 5.56 Å². The number of hydrogen-bond donors (Lipinski definition) is 0. The first-order valence-corrected chi connectivity index (χ1v) is 5.23. The molecule has 2 aromatic rings. The van der Waals surface area contributed by atoms with Gasteiger partial charge in [0.15, 0.2) is 0 Å². The molecule has 0 aliphatic carbocycles. The Hall–Kier alpha value is -1.97. The minimum Gasteiger partial charge on any atom is -0.405 e. The number of hydrogen-bond acceptors (Lipinski definition) is 1. The lowest BCUT2D eigenvalue weighted by atomic mass is 10.00. The lowest BCUT2D eigenvalue weighted by Gasteiger charge is -2.14. The van der Waals surface area contributed by atoms with E-state index in [0.29, 0.717) is 16.7 Å². The predicted molar refractivity (Wildman–Crippen MR) is 63.0 cm³/mol. The molecule has 0 saturated carbocycles. The van der Waals surface area contributed by atoms with Gasteiger partial charge >= 0.3 is 6.36 Å². The molecular weight excluding hydrogens is 241 g/mol. The predicted octanol–water partition coefficient (Wildman–Crippen LogP) is 4.43. The van der Waals surface area contributed by atoms with Gasteiger partial charge in [0.2, 0.25) is 0 Å². The van der Waals surface area contributed by atoms with Gasteiger partial charge in [-0.25, -0.2) is 0 Å². The first-order valence-electron chi connectivity index (χ1n) is 5.23. The highest BCUT2D eigenvalue weighted by Crippen LogP contribution is 2.34. The van der Waals surface area contributed by atoms with Crippen molar-refractivity contribution in [3.63, 3.8) is 0 Å². The van der Waals surface area contributed by atoms with Crippen molar-refractivity contribution in [3.05, 3.63) is 61.0 Å². The Labute approximate surface area is 103 Å². The summed E-state index contributed by atoms with van der Waals surface area (Å²) in [6.45, 7) is 3.80. The molecule has 93 valence electrons. The number of alkyl halides is 3. The fourth-order valence-electron chi connectivity index (χ4n) is 1.69. The summed E-state index contributed by atoms with van der Waals surface area (Å²) in [5, 5.41) is 0. The first kappa shape index (κ1) is 12.5. The average molecular weight is 251 g/mol. The van der Waals surface area contributed by atoms with Crippen LogP contribution in [0, 0.1) is 6.92 Å². The third kappa shape index (κ3) is 2.83. The van der Waals surface area contributed by atoms with Crippen LogP contribution in [-0.4, -0.2) is 6.36 Å². The van der Waals surface area contributed by atoms with Crippen molar-refractivity contribution in [2.45, 2.75) is 6.36 Å². The molecule has 0 bridgehead atoms. The molecule has 2 rings (SSSR count). The zero-order valence-corrected chi connectivity index (χ0v) is 9.37. The van der Waals surface area contributed by atoms with E-state index in [1.165, 1.54) is 12.1 Å². The van der Waals surface area contributed by atoms with Crippen LogP contribution in [0.15, 0.2) is 48.5 Å². The minimum absolute atomic E-state index is 0.221. The molecule has 0 aliphatic heterocycles. The van der Waals surface area contributed by atoms with Gasteiger partial charge in [0.05, 0.1) is 0 Å². The smallest absolute Gasteiger partial charge is 0.405 e. The van der Waals surface area contributed by atoms with Crippen molar-refractivity contribution >= 4 is 0 Å². The van der Waals surface area contributed by atoms with Crippen LogP contribution in [0.2, 0.25) is 0 Å². The molecule has 0 saturated heterocycles. The van der Waals surface area contributed by atoms with Crippen molar-refractivity contribution in [1.29, 1.82) is 0 Å². The molecule has 18 heavy (non-hydrogen) atoms. The summed E-state index contributed by atoms with van der Waals surface area (Å²) in [4.78, 5) is 0. The Balaban J connectivity index is 2.49. The fourth-order valence-corrected chi connectivity index (χ4v) is 1.69. The van der Waals surface area contributed by atoms with E-state index in [4.69, 9.17) is 0 Å². The second-order valence-electron chi connectivity index (χ2n) is 3.70. The van der Waals surface area contributed by atoms with E-state index in [0.717, 1.165) is 0 Å². The van der Waals surface area contributed by atoms with E-state index < -0.39 is 6.36 Å². The van der Waals surface area contributed by atoms with Crippen LogP contribution >= 0.6 is 0 Å². The van der Waals surface area contributed by atoms with E-state index in [-0.39, 0.29) is 5.75 Å². The normalized spacial score (nSPS) is 11.3. The molecule has 0 spiro atoms. The second-order valence-corrected chi connectivity index (χ2v) is 3.70. The minimum atomic E-state index is -4.70. The summed E-state index contributed by atoms with van der Waals surface area (Å²) in [6, 6.07) is 13.0. The maximum Gasteiger partial charge on any atom is 0.573 e. The van der Waals surface area contributed by atoms with Crippen LogP contribution in [0.3, 0.4) is 0 Å². The van der Waals surface area contributed by atoms with Crippen LogP contribution < -0.4 is 4.74 Å². The van der Waals surface area contributed by atoms with Crippen molar-refractivity contribution in [2.75, 3.05) is 0 Å². The summed E-state index contributed by atoms with van der Waals surface area (Å²) < 4.78 is 40.9. The van der Waals surface area contributed by atoms with E-state index in [1.54, 1.807) is 36.4 Å². The van der Waals surface area contributed by atoms with Gasteiger partial charge in [0.25, 0.3) is 0 Å². The second kappa shape index (κ2) is 4.72. The van der Waals surface area contributed by atoms with Gasteiger partial charge in [-0.1, -0.05) is 42.5 Å². The van der Waals surface area contributed by atoms with Gasteiger partial charge in [-0.05, 0) is 24.1 Å². The SMILES string of the molecule is [CH2]c1ccccc1-c1ccccc1OC(F)(F)F. The third-order valence-electron chi connectivity index (χ3n) is 2.42. The Bertz CT molecular complexity index is 547. The Morgan fingerprint density at radius 1 is 0.833 bits per heavy atom. The van der Waals surface area contributed by atoms with Crippen molar-refractivity contribution in [1.82, 2.24) is 0 Å². The summed E-state index contributed by atoms with van der Waals surface area (Å²) in [5.74, 6) is -0.221. The maximum absolute atomic E-state index is 12.3. The molecule has 1 nitrogen and oxygen atoms in total. The van der Waals surface area contributed by atoms with E-state index >= 15 is 0 Å². The monoisotopic (exact) mass is 251 g/mol. The first-order chi connectivity index (χ1) is 8.47. The lowest BCUT2D eigenvalue weighted by Crippen LogP contribution is -2.17. The third-order valence-corrected chi connectivity index (χ3v) is 2.42. The van der Waals surface area contributed by atoms with Crippen molar-refractivity contribution in [3.8, 4) is 16.9 Å². The highest BCUT2D eigenvalue weighted by atomic mass is 19.4. The zero-order chi connectivity index (χ0) is 13.2. The molecule has 0 N–H and O–H groups in total. The largest absolute Gasteiger partial charge is 0.573 e. The number of halogens is 3. The van der Waals surface area contributed by atoms with Gasteiger partial charge in [-0.2, -0.15) is 0 Å². The van der Waals surface area contributed by atoms with Gasteiger partial charge in [0, 0.05) is 5.56 Å². The Morgan fingerprint density at radius 2 is 1.39 bits per heavy atom. The summed E-state index contributed by atoms with van der Waals surface area (Å²) in [7, 11) is 0. The molecule has 0 amide bonds. The molecule has 0 heterocycles. The molecule has 0 atom stereocenters. The van der Waals surface area contributed by atoms with Gasteiger partial charge in [-0.15, -0.1) is 13.2 Å². The van der Waals surface area contributed by atoms with Crippen molar-refractivity contribution < 1.29 is 17.9 Å². The van der Waals surface area contributed by atoms with Crippen LogP contribution in [0.5, 0.6) is 5.75 Å². The molecular formula is C14H10F3O. The maximum atomic E-state index is 12.3.